The summed E-state index contributed by atoms with van der Waals surface area (Å²) < 4.78 is 30.7. The van der Waals surface area contributed by atoms with E-state index in [4.69, 9.17) is 14.2 Å². The van der Waals surface area contributed by atoms with Crippen molar-refractivity contribution in [3.63, 3.8) is 0 Å². The minimum Gasteiger partial charge on any atom is -0.490 e. The summed E-state index contributed by atoms with van der Waals surface area (Å²) in [5, 5.41) is 0. The van der Waals surface area contributed by atoms with E-state index in [1.165, 1.54) is 17.8 Å². The molecule has 0 atom stereocenters. The molecule has 4 rings (SSSR count). The molecule has 0 amide bonds. The Labute approximate surface area is 206 Å². The van der Waals surface area contributed by atoms with E-state index in [-0.39, 0.29) is 5.82 Å². The summed E-state index contributed by atoms with van der Waals surface area (Å²) in [5.41, 5.74) is 4.81. The molecule has 1 aliphatic heterocycles. The smallest absolute Gasteiger partial charge is 0.165 e. The van der Waals surface area contributed by atoms with E-state index < -0.39 is 0 Å². The maximum atomic E-state index is 13.2. The molecule has 0 radical (unpaired) electrons. The van der Waals surface area contributed by atoms with Gasteiger partial charge in [0.05, 0.1) is 25.5 Å². The van der Waals surface area contributed by atoms with Crippen LogP contribution in [-0.2, 0) is 17.8 Å². The van der Waals surface area contributed by atoms with Crippen molar-refractivity contribution < 1.29 is 18.6 Å². The predicted molar refractivity (Wildman–Crippen MR) is 139 cm³/mol. The zero-order chi connectivity index (χ0) is 24.5. The zero-order valence-corrected chi connectivity index (χ0v) is 20.1. The number of morpholine rings is 1. The lowest BCUT2D eigenvalue weighted by Gasteiger charge is -2.28. The summed E-state index contributed by atoms with van der Waals surface area (Å²) in [7, 11) is 0. The van der Waals surface area contributed by atoms with Crippen molar-refractivity contribution in [1.29, 1.82) is 0 Å². The van der Waals surface area contributed by atoms with Crippen LogP contribution in [-0.4, -0.2) is 39.1 Å². The van der Waals surface area contributed by atoms with Gasteiger partial charge in [-0.05, 0) is 73.0 Å². The lowest BCUT2D eigenvalue weighted by atomic mass is 10.1. The Morgan fingerprint density at radius 2 is 1.77 bits per heavy atom. The molecule has 0 saturated carbocycles. The molecule has 0 spiro atoms. The van der Waals surface area contributed by atoms with Gasteiger partial charge < -0.3 is 19.1 Å². The van der Waals surface area contributed by atoms with E-state index in [9.17, 15) is 4.39 Å². The second-order valence-corrected chi connectivity index (χ2v) is 8.22. The number of hydrogen-bond donors (Lipinski definition) is 0. The first-order chi connectivity index (χ1) is 17.2. The van der Waals surface area contributed by atoms with Crippen molar-refractivity contribution in [2.45, 2.75) is 20.0 Å². The Morgan fingerprint density at radius 1 is 1.03 bits per heavy atom. The first-order valence-corrected chi connectivity index (χ1v) is 11.9. The van der Waals surface area contributed by atoms with Gasteiger partial charge in [-0.15, -0.1) is 6.58 Å². The van der Waals surface area contributed by atoms with E-state index >= 15 is 0 Å². The average molecular weight is 475 g/mol. The highest BCUT2D eigenvalue weighted by molar-refractivity contribution is 5.84. The maximum absolute atomic E-state index is 13.2. The number of aliphatic imine (C=N–C) groups is 1. The molecule has 182 valence electrons. The largest absolute Gasteiger partial charge is 0.490 e. The van der Waals surface area contributed by atoms with Crippen LogP contribution < -0.4 is 14.4 Å². The van der Waals surface area contributed by atoms with Gasteiger partial charge in [-0.1, -0.05) is 18.2 Å². The maximum Gasteiger partial charge on any atom is 0.165 e. The third-order valence-corrected chi connectivity index (χ3v) is 5.70. The molecule has 3 aromatic carbocycles. The summed E-state index contributed by atoms with van der Waals surface area (Å²) in [5.74, 6) is 1.05. The molecule has 0 N–H and O–H groups in total. The van der Waals surface area contributed by atoms with Gasteiger partial charge in [0, 0.05) is 30.6 Å². The van der Waals surface area contributed by atoms with Crippen molar-refractivity contribution in [2.75, 3.05) is 37.8 Å². The van der Waals surface area contributed by atoms with E-state index in [2.05, 4.69) is 28.6 Å². The van der Waals surface area contributed by atoms with Crippen LogP contribution in [0.25, 0.3) is 0 Å². The summed E-state index contributed by atoms with van der Waals surface area (Å²) in [6.45, 7) is 9.98. The van der Waals surface area contributed by atoms with Crippen LogP contribution in [0.1, 0.15) is 23.6 Å². The normalized spacial score (nSPS) is 13.7. The molecule has 0 aromatic heterocycles. The van der Waals surface area contributed by atoms with Crippen molar-refractivity contribution >= 4 is 17.6 Å². The molecule has 6 heteroatoms. The topological polar surface area (TPSA) is 43.3 Å². The SMILES string of the molecule is C=CCc1cc(C=Nc2ccc(N3CCOCC3)cc2)cc(OCC)c1OCc1ccc(F)cc1. The van der Waals surface area contributed by atoms with E-state index in [1.54, 1.807) is 12.1 Å². The van der Waals surface area contributed by atoms with Crippen molar-refractivity contribution in [3.8, 4) is 11.5 Å². The van der Waals surface area contributed by atoms with Gasteiger partial charge in [-0.2, -0.15) is 0 Å². The highest BCUT2D eigenvalue weighted by Crippen LogP contribution is 2.34. The molecule has 1 saturated heterocycles. The molecule has 1 fully saturated rings. The van der Waals surface area contributed by atoms with E-state index in [1.807, 2.05) is 43.5 Å². The number of hydrogen-bond acceptors (Lipinski definition) is 5. The molecular weight excluding hydrogens is 443 g/mol. The summed E-state index contributed by atoms with van der Waals surface area (Å²) >= 11 is 0. The fourth-order valence-electron chi connectivity index (χ4n) is 3.95. The molecular formula is C29H31FN2O3. The Hall–Kier alpha value is -3.64. The second-order valence-electron chi connectivity index (χ2n) is 8.22. The predicted octanol–water partition coefficient (Wildman–Crippen LogP) is 6.12. The fraction of sp³-hybridized carbons (Fsp3) is 0.276. The molecule has 35 heavy (non-hydrogen) atoms. The van der Waals surface area contributed by atoms with E-state index in [0.29, 0.717) is 31.1 Å². The Kier molecular flexibility index (Phi) is 8.52. The Bertz CT molecular complexity index is 1140. The van der Waals surface area contributed by atoms with Gasteiger partial charge in [-0.3, -0.25) is 4.99 Å². The lowest BCUT2D eigenvalue weighted by Crippen LogP contribution is -2.36. The van der Waals surface area contributed by atoms with Crippen LogP contribution in [0.3, 0.4) is 0 Å². The van der Waals surface area contributed by atoms with Gasteiger partial charge in [-0.25, -0.2) is 4.39 Å². The molecule has 1 heterocycles. The molecule has 3 aromatic rings. The minimum absolute atomic E-state index is 0.268. The molecule has 0 bridgehead atoms. The van der Waals surface area contributed by atoms with Crippen LogP contribution in [0, 0.1) is 5.82 Å². The number of halogens is 1. The fourth-order valence-corrected chi connectivity index (χ4v) is 3.95. The van der Waals surface area contributed by atoms with Crippen molar-refractivity contribution in [1.82, 2.24) is 0 Å². The Morgan fingerprint density at radius 3 is 2.46 bits per heavy atom. The molecule has 5 nitrogen and oxygen atoms in total. The third-order valence-electron chi connectivity index (χ3n) is 5.70. The van der Waals surface area contributed by atoms with Gasteiger partial charge in [0.15, 0.2) is 11.5 Å². The molecule has 0 unspecified atom stereocenters. The van der Waals surface area contributed by atoms with E-state index in [0.717, 1.165) is 48.7 Å². The van der Waals surface area contributed by atoms with Crippen LogP contribution in [0.5, 0.6) is 11.5 Å². The number of nitrogens with zero attached hydrogens (tertiary/aromatic N) is 2. The summed E-state index contributed by atoms with van der Waals surface area (Å²) in [6.07, 6.45) is 4.29. The minimum atomic E-state index is -0.268. The lowest BCUT2D eigenvalue weighted by molar-refractivity contribution is 0.122. The number of anilines is 1. The third kappa shape index (κ3) is 6.70. The van der Waals surface area contributed by atoms with Gasteiger partial charge in [0.1, 0.15) is 12.4 Å². The number of benzene rings is 3. The standard InChI is InChI=1S/C29H31FN2O3/c1-3-5-24-18-23(20-31-26-10-12-27(13-11-26)32-14-16-33-17-15-32)19-28(34-4-2)29(24)35-21-22-6-8-25(30)9-7-22/h3,6-13,18-20H,1,4-5,14-17,21H2,2H3. The Balaban J connectivity index is 1.53. The van der Waals surface area contributed by atoms with Crippen LogP contribution in [0.2, 0.25) is 0 Å². The van der Waals surface area contributed by atoms with Crippen molar-refractivity contribution in [2.24, 2.45) is 4.99 Å². The molecule has 0 aliphatic carbocycles. The van der Waals surface area contributed by atoms with Crippen LogP contribution in [0.4, 0.5) is 15.8 Å². The van der Waals surface area contributed by atoms with Gasteiger partial charge in [0.2, 0.25) is 0 Å². The number of allylic oxidation sites excluding steroid dienone is 1. The highest BCUT2D eigenvalue weighted by Gasteiger charge is 2.14. The number of rotatable bonds is 10. The van der Waals surface area contributed by atoms with Gasteiger partial charge in [0.25, 0.3) is 0 Å². The second kappa shape index (κ2) is 12.2. The summed E-state index contributed by atoms with van der Waals surface area (Å²) in [4.78, 5) is 6.99. The first-order valence-electron chi connectivity index (χ1n) is 11.9. The first kappa shape index (κ1) is 24.5. The van der Waals surface area contributed by atoms with Crippen LogP contribution >= 0.6 is 0 Å². The quantitative estimate of drug-likeness (QED) is 0.262. The van der Waals surface area contributed by atoms with Gasteiger partial charge >= 0.3 is 0 Å². The monoisotopic (exact) mass is 474 g/mol. The zero-order valence-electron chi connectivity index (χ0n) is 20.1. The molecule has 1 aliphatic rings. The summed E-state index contributed by atoms with van der Waals surface area (Å²) in [6, 6.07) is 18.5. The van der Waals surface area contributed by atoms with Crippen molar-refractivity contribution in [3.05, 3.63) is 95.8 Å². The number of ether oxygens (including phenoxy) is 3. The average Bonchev–Trinajstić information content (AvgIpc) is 2.89. The highest BCUT2D eigenvalue weighted by atomic mass is 19.1. The van der Waals surface area contributed by atoms with Crippen LogP contribution in [0.15, 0.2) is 78.3 Å².